The Kier molecular flexibility index (Phi) is 4.83. The number of aryl methyl sites for hydroxylation is 1. The average molecular weight is 268 g/mol. The van der Waals surface area contributed by atoms with E-state index in [1.165, 1.54) is 22.6 Å². The molecule has 1 heterocycles. The van der Waals surface area contributed by atoms with E-state index in [0.29, 0.717) is 10.5 Å². The van der Waals surface area contributed by atoms with Gasteiger partial charge in [-0.25, -0.2) is 0 Å². The molecule has 0 amide bonds. The van der Waals surface area contributed by atoms with Gasteiger partial charge in [0.05, 0.1) is 6.10 Å². The zero-order chi connectivity index (χ0) is 12.3. The molecule has 1 saturated heterocycles. The second-order valence-electron chi connectivity index (χ2n) is 4.67. The molecular weight excluding hydrogens is 248 g/mol. The number of benzene rings is 1. The van der Waals surface area contributed by atoms with Crippen LogP contribution in [0.2, 0.25) is 0 Å². The Balaban J connectivity index is 1.98. The van der Waals surface area contributed by atoms with E-state index in [0.717, 1.165) is 6.42 Å². The second-order valence-corrected chi connectivity index (χ2v) is 7.44. The Morgan fingerprint density at radius 2 is 2.12 bits per heavy atom. The summed E-state index contributed by atoms with van der Waals surface area (Å²) in [6, 6.07) is 8.46. The molecule has 1 aliphatic rings. The molecule has 0 saturated carbocycles. The third kappa shape index (κ3) is 3.67. The van der Waals surface area contributed by atoms with E-state index in [1.807, 2.05) is 23.5 Å². The first kappa shape index (κ1) is 13.3. The summed E-state index contributed by atoms with van der Waals surface area (Å²) < 4.78 is 0. The summed E-state index contributed by atoms with van der Waals surface area (Å²) in [5.74, 6) is 2.39. The fourth-order valence-electron chi connectivity index (χ4n) is 2.27. The van der Waals surface area contributed by atoms with Crippen molar-refractivity contribution in [3.05, 3.63) is 35.4 Å². The number of hydrogen-bond acceptors (Lipinski definition) is 3. The van der Waals surface area contributed by atoms with Gasteiger partial charge in [-0.05, 0) is 18.9 Å². The van der Waals surface area contributed by atoms with Crippen LogP contribution in [0.25, 0.3) is 0 Å². The lowest BCUT2D eigenvalue weighted by Crippen LogP contribution is -2.36. The summed E-state index contributed by atoms with van der Waals surface area (Å²) in [5.41, 5.74) is 2.52. The summed E-state index contributed by atoms with van der Waals surface area (Å²) in [7, 11) is 0. The summed E-state index contributed by atoms with van der Waals surface area (Å²) in [5, 5.41) is 11.3. The van der Waals surface area contributed by atoms with Crippen molar-refractivity contribution in [2.75, 3.05) is 11.5 Å². The van der Waals surface area contributed by atoms with E-state index >= 15 is 0 Å². The maximum Gasteiger partial charge on any atom is 0.0709 e. The van der Waals surface area contributed by atoms with Crippen LogP contribution in [0.3, 0.4) is 0 Å². The predicted molar refractivity (Wildman–Crippen MR) is 79.1 cm³/mol. The Hall–Kier alpha value is -0.120. The van der Waals surface area contributed by atoms with Crippen molar-refractivity contribution < 1.29 is 5.11 Å². The van der Waals surface area contributed by atoms with Crippen LogP contribution in [-0.4, -0.2) is 33.2 Å². The van der Waals surface area contributed by atoms with Crippen LogP contribution in [0, 0.1) is 6.92 Å². The molecule has 0 radical (unpaired) electrons. The van der Waals surface area contributed by atoms with Crippen LogP contribution in [0.1, 0.15) is 18.1 Å². The van der Waals surface area contributed by atoms with Gasteiger partial charge in [-0.2, -0.15) is 23.5 Å². The first-order valence-electron chi connectivity index (χ1n) is 6.13. The molecule has 0 bridgehead atoms. The lowest BCUT2D eigenvalue weighted by Gasteiger charge is -2.31. The Morgan fingerprint density at radius 1 is 1.35 bits per heavy atom. The van der Waals surface area contributed by atoms with E-state index in [1.54, 1.807) is 0 Å². The van der Waals surface area contributed by atoms with Crippen LogP contribution < -0.4 is 0 Å². The third-order valence-electron chi connectivity index (χ3n) is 3.14. The molecule has 0 aliphatic carbocycles. The maximum atomic E-state index is 10.4. The Bertz CT molecular complexity index is 367. The van der Waals surface area contributed by atoms with Crippen LogP contribution in [-0.2, 0) is 6.42 Å². The molecule has 3 heteroatoms. The number of rotatable bonds is 3. The van der Waals surface area contributed by atoms with Gasteiger partial charge in [0.25, 0.3) is 0 Å². The first-order chi connectivity index (χ1) is 8.16. The fourth-order valence-corrected chi connectivity index (χ4v) is 5.11. The molecule has 17 heavy (non-hydrogen) atoms. The standard InChI is InChI=1S/C14H20OS2/c1-10-4-3-5-12(8-10)9-13(15)14-11(2)16-6-7-17-14/h3-5,8,11,13-15H,6-7,9H2,1-2H3. The van der Waals surface area contributed by atoms with Gasteiger partial charge >= 0.3 is 0 Å². The van der Waals surface area contributed by atoms with E-state index < -0.39 is 0 Å². The van der Waals surface area contributed by atoms with Crippen LogP contribution in [0.15, 0.2) is 24.3 Å². The molecule has 3 atom stereocenters. The average Bonchev–Trinajstić information content (AvgIpc) is 2.29. The molecule has 3 unspecified atom stereocenters. The summed E-state index contributed by atoms with van der Waals surface area (Å²) in [6.45, 7) is 4.34. The number of thioether (sulfide) groups is 2. The van der Waals surface area contributed by atoms with Gasteiger partial charge in [0.15, 0.2) is 0 Å². The third-order valence-corrected chi connectivity index (χ3v) is 6.38. The van der Waals surface area contributed by atoms with E-state index in [9.17, 15) is 5.11 Å². The lowest BCUT2D eigenvalue weighted by molar-refractivity contribution is 0.171. The van der Waals surface area contributed by atoms with Gasteiger partial charge in [-0.3, -0.25) is 0 Å². The van der Waals surface area contributed by atoms with Crippen molar-refractivity contribution in [1.29, 1.82) is 0 Å². The fraction of sp³-hybridized carbons (Fsp3) is 0.571. The molecule has 94 valence electrons. The highest BCUT2D eigenvalue weighted by Gasteiger charge is 2.28. The van der Waals surface area contributed by atoms with Crippen LogP contribution in [0.4, 0.5) is 0 Å². The molecular formula is C14H20OS2. The Labute approximate surface area is 112 Å². The molecule has 1 fully saturated rings. The molecule has 0 spiro atoms. The van der Waals surface area contributed by atoms with E-state index in [2.05, 4.69) is 38.1 Å². The highest BCUT2D eigenvalue weighted by molar-refractivity contribution is 8.07. The van der Waals surface area contributed by atoms with Gasteiger partial charge < -0.3 is 5.11 Å². The topological polar surface area (TPSA) is 20.2 Å². The van der Waals surface area contributed by atoms with Gasteiger partial charge in [-0.1, -0.05) is 36.8 Å². The van der Waals surface area contributed by atoms with E-state index in [4.69, 9.17) is 0 Å². The number of aliphatic hydroxyl groups excluding tert-OH is 1. The number of aliphatic hydroxyl groups is 1. The normalized spacial score (nSPS) is 26.8. The second kappa shape index (κ2) is 6.17. The summed E-state index contributed by atoms with van der Waals surface area (Å²) in [6.07, 6.45) is 0.564. The maximum absolute atomic E-state index is 10.4. The predicted octanol–water partition coefficient (Wildman–Crippen LogP) is 3.14. The van der Waals surface area contributed by atoms with Crippen molar-refractivity contribution in [3.63, 3.8) is 0 Å². The van der Waals surface area contributed by atoms with Crippen LogP contribution >= 0.6 is 23.5 Å². The van der Waals surface area contributed by atoms with E-state index in [-0.39, 0.29) is 6.10 Å². The summed E-state index contributed by atoms with van der Waals surface area (Å²) in [4.78, 5) is 0. The number of hydrogen-bond donors (Lipinski definition) is 1. The molecule has 1 aromatic carbocycles. The van der Waals surface area contributed by atoms with Gasteiger partial charge in [-0.15, -0.1) is 0 Å². The Morgan fingerprint density at radius 3 is 2.82 bits per heavy atom. The zero-order valence-corrected chi connectivity index (χ0v) is 12.1. The van der Waals surface area contributed by atoms with Gasteiger partial charge in [0.2, 0.25) is 0 Å². The minimum atomic E-state index is -0.218. The molecule has 0 aromatic heterocycles. The SMILES string of the molecule is Cc1cccc(CC(O)C2SCCSC2C)c1. The molecule has 1 aromatic rings. The van der Waals surface area contributed by atoms with Crippen molar-refractivity contribution in [2.45, 2.75) is 36.9 Å². The quantitative estimate of drug-likeness (QED) is 0.909. The molecule has 2 rings (SSSR count). The monoisotopic (exact) mass is 268 g/mol. The highest BCUT2D eigenvalue weighted by atomic mass is 32.2. The van der Waals surface area contributed by atoms with Gasteiger partial charge in [0.1, 0.15) is 0 Å². The molecule has 1 nitrogen and oxygen atoms in total. The zero-order valence-electron chi connectivity index (χ0n) is 10.4. The minimum Gasteiger partial charge on any atom is -0.392 e. The van der Waals surface area contributed by atoms with Crippen molar-refractivity contribution in [2.24, 2.45) is 0 Å². The minimum absolute atomic E-state index is 0.218. The smallest absolute Gasteiger partial charge is 0.0709 e. The van der Waals surface area contributed by atoms with Crippen molar-refractivity contribution in [3.8, 4) is 0 Å². The van der Waals surface area contributed by atoms with Gasteiger partial charge in [0, 0.05) is 22.0 Å². The highest BCUT2D eigenvalue weighted by Crippen LogP contribution is 2.33. The van der Waals surface area contributed by atoms with Crippen LogP contribution in [0.5, 0.6) is 0 Å². The lowest BCUT2D eigenvalue weighted by atomic mass is 10.0. The largest absolute Gasteiger partial charge is 0.392 e. The summed E-state index contributed by atoms with van der Waals surface area (Å²) >= 11 is 3.92. The molecule has 1 aliphatic heterocycles. The van der Waals surface area contributed by atoms with Crippen molar-refractivity contribution >= 4 is 23.5 Å². The first-order valence-corrected chi connectivity index (χ1v) is 8.23. The molecule has 1 N–H and O–H groups in total. The van der Waals surface area contributed by atoms with Crippen molar-refractivity contribution in [1.82, 2.24) is 0 Å².